The van der Waals surface area contributed by atoms with Crippen LogP contribution < -0.4 is 11.1 Å². The molecule has 0 saturated carbocycles. The minimum absolute atomic E-state index is 0.0968. The van der Waals surface area contributed by atoms with Crippen molar-refractivity contribution in [3.8, 4) is 0 Å². The largest absolute Gasteiger partial charge is 0.397 e. The summed E-state index contributed by atoms with van der Waals surface area (Å²) in [5, 5.41) is 3.37. The number of methoxy groups -OCH3 is 1. The highest BCUT2D eigenvalue weighted by molar-refractivity contribution is 6.31. The lowest BCUT2D eigenvalue weighted by Crippen LogP contribution is -2.41. The molecule has 0 bridgehead atoms. The van der Waals surface area contributed by atoms with Gasteiger partial charge in [-0.25, -0.2) is 0 Å². The monoisotopic (exact) mass is 313 g/mol. The number of amides is 1. The third kappa shape index (κ3) is 5.91. The van der Waals surface area contributed by atoms with Crippen molar-refractivity contribution in [3.63, 3.8) is 0 Å². The molecule has 1 aromatic carbocycles. The second kappa shape index (κ2) is 8.87. The maximum absolute atomic E-state index is 12.2. The zero-order valence-corrected chi connectivity index (χ0v) is 13.6. The summed E-state index contributed by atoms with van der Waals surface area (Å²) in [6.07, 6.45) is 0.972. The molecule has 0 heterocycles. The van der Waals surface area contributed by atoms with Crippen LogP contribution in [-0.2, 0) is 9.53 Å². The van der Waals surface area contributed by atoms with Crippen LogP contribution in [0.25, 0.3) is 0 Å². The van der Waals surface area contributed by atoms with Crippen molar-refractivity contribution < 1.29 is 9.53 Å². The van der Waals surface area contributed by atoms with Crippen molar-refractivity contribution in [2.24, 2.45) is 0 Å². The average molecular weight is 314 g/mol. The Labute approximate surface area is 131 Å². The quantitative estimate of drug-likeness (QED) is 0.724. The molecule has 0 aliphatic heterocycles. The van der Waals surface area contributed by atoms with Crippen LogP contribution in [0.15, 0.2) is 18.2 Å². The van der Waals surface area contributed by atoms with Gasteiger partial charge in [0.05, 0.1) is 24.5 Å². The van der Waals surface area contributed by atoms with E-state index in [4.69, 9.17) is 22.1 Å². The summed E-state index contributed by atoms with van der Waals surface area (Å²) in [5.74, 6) is -0.0968. The minimum atomic E-state index is -0.0968. The fourth-order valence-corrected chi connectivity index (χ4v) is 2.12. The van der Waals surface area contributed by atoms with Crippen molar-refractivity contribution in [2.45, 2.75) is 26.3 Å². The molecule has 1 rings (SSSR count). The molecule has 0 spiro atoms. The SMILES string of the molecule is CCC(C)N(CCOC)CC(=O)Nc1ccc(Cl)cc1N. The number of anilines is 2. The number of nitrogen functional groups attached to an aromatic ring is 1. The lowest BCUT2D eigenvalue weighted by molar-refractivity contribution is -0.118. The zero-order valence-electron chi connectivity index (χ0n) is 12.9. The summed E-state index contributed by atoms with van der Waals surface area (Å²) >= 11 is 5.84. The number of nitrogens with two attached hydrogens (primary N) is 1. The van der Waals surface area contributed by atoms with E-state index in [-0.39, 0.29) is 5.91 Å². The third-order valence-corrected chi connectivity index (χ3v) is 3.67. The smallest absolute Gasteiger partial charge is 0.238 e. The number of ether oxygens (including phenoxy) is 1. The Morgan fingerprint density at radius 1 is 1.52 bits per heavy atom. The van der Waals surface area contributed by atoms with E-state index in [2.05, 4.69) is 24.1 Å². The van der Waals surface area contributed by atoms with Gasteiger partial charge in [-0.3, -0.25) is 9.69 Å². The van der Waals surface area contributed by atoms with E-state index >= 15 is 0 Å². The molecule has 0 radical (unpaired) electrons. The molecule has 1 amide bonds. The van der Waals surface area contributed by atoms with Crippen LogP contribution in [0.3, 0.4) is 0 Å². The number of halogens is 1. The first-order chi connectivity index (χ1) is 9.97. The number of carbonyl (C=O) groups excluding carboxylic acids is 1. The maximum atomic E-state index is 12.2. The van der Waals surface area contributed by atoms with Crippen LogP contribution >= 0.6 is 11.6 Å². The highest BCUT2D eigenvalue weighted by Gasteiger charge is 2.16. The number of nitrogens with one attached hydrogen (secondary N) is 1. The summed E-state index contributed by atoms with van der Waals surface area (Å²) in [5.41, 5.74) is 6.88. The molecule has 1 atom stereocenters. The molecule has 118 valence electrons. The van der Waals surface area contributed by atoms with Crippen LogP contribution in [0.2, 0.25) is 5.02 Å². The Balaban J connectivity index is 2.64. The molecule has 6 heteroatoms. The van der Waals surface area contributed by atoms with Crippen molar-refractivity contribution in [3.05, 3.63) is 23.2 Å². The lowest BCUT2D eigenvalue weighted by atomic mass is 10.2. The predicted octanol–water partition coefficient (Wildman–Crippen LogP) is 2.61. The summed E-state index contributed by atoms with van der Waals surface area (Å²) in [6, 6.07) is 5.34. The van der Waals surface area contributed by atoms with Gasteiger partial charge in [0.2, 0.25) is 5.91 Å². The molecule has 1 unspecified atom stereocenters. The number of carbonyl (C=O) groups is 1. The third-order valence-electron chi connectivity index (χ3n) is 3.43. The van der Waals surface area contributed by atoms with Crippen LogP contribution in [-0.4, -0.2) is 43.7 Å². The fourth-order valence-electron chi connectivity index (χ4n) is 1.94. The zero-order chi connectivity index (χ0) is 15.8. The maximum Gasteiger partial charge on any atom is 0.238 e. The predicted molar refractivity (Wildman–Crippen MR) is 87.7 cm³/mol. The van der Waals surface area contributed by atoms with Gasteiger partial charge >= 0.3 is 0 Å². The number of hydrogen-bond donors (Lipinski definition) is 2. The van der Waals surface area contributed by atoms with Crippen LogP contribution in [0.4, 0.5) is 11.4 Å². The van der Waals surface area contributed by atoms with Gasteiger partial charge in [-0.1, -0.05) is 18.5 Å². The number of rotatable bonds is 8. The van der Waals surface area contributed by atoms with Gasteiger partial charge in [-0.2, -0.15) is 0 Å². The molecule has 0 aliphatic carbocycles. The van der Waals surface area contributed by atoms with Gasteiger partial charge in [0, 0.05) is 24.7 Å². The molecule has 21 heavy (non-hydrogen) atoms. The van der Waals surface area contributed by atoms with E-state index < -0.39 is 0 Å². The number of benzene rings is 1. The first-order valence-electron chi connectivity index (χ1n) is 7.05. The molecule has 3 N–H and O–H groups in total. The van der Waals surface area contributed by atoms with E-state index in [1.165, 1.54) is 0 Å². The molecule has 5 nitrogen and oxygen atoms in total. The topological polar surface area (TPSA) is 67.6 Å². The van der Waals surface area contributed by atoms with Crippen LogP contribution in [0, 0.1) is 0 Å². The lowest BCUT2D eigenvalue weighted by Gasteiger charge is -2.27. The summed E-state index contributed by atoms with van der Waals surface area (Å²) in [7, 11) is 1.66. The van der Waals surface area contributed by atoms with Gasteiger partial charge < -0.3 is 15.8 Å². The van der Waals surface area contributed by atoms with E-state index in [0.717, 1.165) is 13.0 Å². The molecule has 0 fully saturated rings. The number of nitrogens with zero attached hydrogens (tertiary/aromatic N) is 1. The van der Waals surface area contributed by atoms with Crippen molar-refractivity contribution in [1.29, 1.82) is 0 Å². The normalized spacial score (nSPS) is 12.4. The first kappa shape index (κ1) is 17.8. The Bertz CT molecular complexity index is 468. The highest BCUT2D eigenvalue weighted by atomic mass is 35.5. The van der Waals surface area contributed by atoms with Gasteiger partial charge in [-0.15, -0.1) is 0 Å². The molecule has 0 aromatic heterocycles. The standard InChI is InChI=1S/C15H24ClN3O2/c1-4-11(2)19(7-8-21-3)10-15(20)18-14-6-5-12(16)9-13(14)17/h5-6,9,11H,4,7-8,10,17H2,1-3H3,(H,18,20). The summed E-state index contributed by atoms with van der Waals surface area (Å²) in [6.45, 7) is 5.81. The summed E-state index contributed by atoms with van der Waals surface area (Å²) in [4.78, 5) is 14.2. The first-order valence-corrected chi connectivity index (χ1v) is 7.43. The van der Waals surface area contributed by atoms with Crippen molar-refractivity contribution >= 4 is 28.9 Å². The molecule has 0 aliphatic rings. The highest BCUT2D eigenvalue weighted by Crippen LogP contribution is 2.22. The number of hydrogen-bond acceptors (Lipinski definition) is 4. The van der Waals surface area contributed by atoms with E-state index in [1.807, 2.05) is 0 Å². The van der Waals surface area contributed by atoms with E-state index in [0.29, 0.717) is 35.6 Å². The minimum Gasteiger partial charge on any atom is -0.397 e. The molecular weight excluding hydrogens is 290 g/mol. The Kier molecular flexibility index (Phi) is 7.50. The Morgan fingerprint density at radius 2 is 2.24 bits per heavy atom. The van der Waals surface area contributed by atoms with Gasteiger partial charge in [0.25, 0.3) is 0 Å². The van der Waals surface area contributed by atoms with Gasteiger partial charge in [-0.05, 0) is 31.5 Å². The Morgan fingerprint density at radius 3 is 2.81 bits per heavy atom. The van der Waals surface area contributed by atoms with E-state index in [9.17, 15) is 4.79 Å². The van der Waals surface area contributed by atoms with E-state index in [1.54, 1.807) is 25.3 Å². The molecular formula is C15H24ClN3O2. The van der Waals surface area contributed by atoms with Crippen molar-refractivity contribution in [2.75, 3.05) is 37.9 Å². The average Bonchev–Trinajstić information content (AvgIpc) is 2.45. The Hall–Kier alpha value is -1.30. The fraction of sp³-hybridized carbons (Fsp3) is 0.533. The van der Waals surface area contributed by atoms with Crippen LogP contribution in [0.5, 0.6) is 0 Å². The van der Waals surface area contributed by atoms with Gasteiger partial charge in [0.15, 0.2) is 0 Å². The van der Waals surface area contributed by atoms with Crippen LogP contribution in [0.1, 0.15) is 20.3 Å². The molecule has 1 aromatic rings. The second-order valence-electron chi connectivity index (χ2n) is 5.00. The van der Waals surface area contributed by atoms with Crippen molar-refractivity contribution in [1.82, 2.24) is 4.90 Å². The second-order valence-corrected chi connectivity index (χ2v) is 5.44. The molecule has 0 saturated heterocycles. The summed E-state index contributed by atoms with van der Waals surface area (Å²) < 4.78 is 5.09. The van der Waals surface area contributed by atoms with Gasteiger partial charge in [0.1, 0.15) is 0 Å².